The predicted molar refractivity (Wildman–Crippen MR) is 85.6 cm³/mol. The van der Waals surface area contributed by atoms with E-state index in [-0.39, 0.29) is 0 Å². The molecule has 106 valence electrons. The molecule has 2 heteroatoms. The van der Waals surface area contributed by atoms with Crippen LogP contribution in [-0.4, -0.2) is 25.4 Å². The summed E-state index contributed by atoms with van der Waals surface area (Å²) in [6.45, 7) is 14.8. The molecule has 0 radical (unpaired) electrons. The molecule has 0 aliphatic heterocycles. The maximum atomic E-state index is 4.19. The van der Waals surface area contributed by atoms with Crippen LogP contribution in [0.5, 0.6) is 0 Å². The molecule has 1 nitrogen and oxygen atoms in total. The second-order valence-corrected chi connectivity index (χ2v) is 11.3. The molecule has 0 amide bonds. The van der Waals surface area contributed by atoms with Crippen molar-refractivity contribution in [2.45, 2.75) is 84.0 Å². The van der Waals surface area contributed by atoms with Crippen LogP contribution in [0.15, 0.2) is 12.2 Å². The molecule has 1 aliphatic rings. The highest BCUT2D eigenvalue weighted by Crippen LogP contribution is 2.33. The van der Waals surface area contributed by atoms with Crippen molar-refractivity contribution in [1.29, 1.82) is 0 Å². The smallest absolute Gasteiger partial charge is 0.128 e. The molecule has 1 rings (SSSR count). The Morgan fingerprint density at radius 3 is 1.94 bits per heavy atom. The van der Waals surface area contributed by atoms with Gasteiger partial charge >= 0.3 is 0 Å². The van der Waals surface area contributed by atoms with Gasteiger partial charge in [0.25, 0.3) is 0 Å². The van der Waals surface area contributed by atoms with E-state index in [0.717, 1.165) is 12.6 Å². The SMILES string of the molecule is C=C(C)CN(C1CCCCC1)[Si](CC)(CC)CC. The highest BCUT2D eigenvalue weighted by atomic mass is 28.3. The molecule has 0 spiro atoms. The van der Waals surface area contributed by atoms with E-state index >= 15 is 0 Å². The van der Waals surface area contributed by atoms with Crippen molar-refractivity contribution in [1.82, 2.24) is 4.57 Å². The summed E-state index contributed by atoms with van der Waals surface area (Å²) in [6.07, 6.45) is 7.21. The normalized spacial score (nSPS) is 18.3. The van der Waals surface area contributed by atoms with Gasteiger partial charge in [-0.05, 0) is 37.9 Å². The van der Waals surface area contributed by atoms with Gasteiger partial charge in [0.05, 0.1) is 0 Å². The summed E-state index contributed by atoms with van der Waals surface area (Å²) < 4.78 is 2.95. The van der Waals surface area contributed by atoms with Gasteiger partial charge in [-0.25, -0.2) is 0 Å². The molecule has 1 aliphatic carbocycles. The van der Waals surface area contributed by atoms with Crippen LogP contribution in [0, 0.1) is 0 Å². The van der Waals surface area contributed by atoms with Crippen LogP contribution in [0.3, 0.4) is 0 Å². The molecule has 0 saturated heterocycles. The molecule has 1 fully saturated rings. The van der Waals surface area contributed by atoms with Crippen LogP contribution in [0.2, 0.25) is 18.1 Å². The van der Waals surface area contributed by atoms with Gasteiger partial charge in [-0.1, -0.05) is 52.2 Å². The van der Waals surface area contributed by atoms with Gasteiger partial charge in [0.2, 0.25) is 0 Å². The summed E-state index contributed by atoms with van der Waals surface area (Å²) in [5, 5.41) is 0. The van der Waals surface area contributed by atoms with Crippen LogP contribution in [0.1, 0.15) is 59.8 Å². The summed E-state index contributed by atoms with van der Waals surface area (Å²) in [5.74, 6) is 0. The van der Waals surface area contributed by atoms with Gasteiger partial charge in [0.1, 0.15) is 8.24 Å². The molecule has 0 aromatic heterocycles. The fraction of sp³-hybridized carbons (Fsp3) is 0.875. The maximum absolute atomic E-state index is 4.19. The summed E-state index contributed by atoms with van der Waals surface area (Å²) in [7, 11) is -1.22. The van der Waals surface area contributed by atoms with Crippen molar-refractivity contribution >= 4 is 8.24 Å². The molecule has 0 aromatic carbocycles. The fourth-order valence-corrected chi connectivity index (χ4v) is 8.08. The van der Waals surface area contributed by atoms with Crippen LogP contribution in [0.25, 0.3) is 0 Å². The monoisotopic (exact) mass is 267 g/mol. The average molecular weight is 268 g/mol. The zero-order chi connectivity index (χ0) is 13.6. The molecule has 1 saturated carbocycles. The maximum Gasteiger partial charge on any atom is 0.128 e. The quantitative estimate of drug-likeness (QED) is 0.452. The first-order chi connectivity index (χ1) is 8.59. The molecule has 18 heavy (non-hydrogen) atoms. The lowest BCUT2D eigenvalue weighted by Crippen LogP contribution is -2.57. The van der Waals surface area contributed by atoms with Crippen LogP contribution in [-0.2, 0) is 0 Å². The summed E-state index contributed by atoms with van der Waals surface area (Å²) in [6, 6.07) is 5.08. The molecular weight excluding hydrogens is 234 g/mol. The minimum atomic E-state index is -1.22. The second-order valence-electron chi connectivity index (χ2n) is 6.16. The first-order valence-electron chi connectivity index (χ1n) is 8.00. The Kier molecular flexibility index (Phi) is 6.65. The Bertz CT molecular complexity index is 244. The second kappa shape index (κ2) is 7.49. The lowest BCUT2D eigenvalue weighted by atomic mass is 9.95. The Hall–Kier alpha value is -0.0831. The summed E-state index contributed by atoms with van der Waals surface area (Å²) in [5.41, 5.74) is 1.35. The topological polar surface area (TPSA) is 3.24 Å². The summed E-state index contributed by atoms with van der Waals surface area (Å²) in [4.78, 5) is 0. The molecular formula is C16H33NSi. The van der Waals surface area contributed by atoms with E-state index in [4.69, 9.17) is 0 Å². The van der Waals surface area contributed by atoms with E-state index in [1.54, 1.807) is 0 Å². The van der Waals surface area contributed by atoms with E-state index in [9.17, 15) is 0 Å². The Morgan fingerprint density at radius 1 is 1.06 bits per heavy atom. The van der Waals surface area contributed by atoms with E-state index in [1.807, 2.05) is 0 Å². The first-order valence-corrected chi connectivity index (χ1v) is 10.6. The highest BCUT2D eigenvalue weighted by Gasteiger charge is 2.38. The van der Waals surface area contributed by atoms with Crippen molar-refractivity contribution in [3.05, 3.63) is 12.2 Å². The minimum Gasteiger partial charge on any atom is -0.317 e. The van der Waals surface area contributed by atoms with Crippen LogP contribution in [0.4, 0.5) is 0 Å². The molecule has 0 unspecified atom stereocenters. The van der Waals surface area contributed by atoms with Gasteiger partial charge < -0.3 is 4.57 Å². The molecule has 0 aromatic rings. The molecule has 0 heterocycles. The van der Waals surface area contributed by atoms with Gasteiger partial charge in [-0.2, -0.15) is 0 Å². The standard InChI is InChI=1S/C16H33NSi/c1-6-18(7-2,8-3)17(14-15(4)5)16-12-10-9-11-13-16/h16H,4,6-14H2,1-3,5H3. The van der Waals surface area contributed by atoms with Crippen molar-refractivity contribution in [2.75, 3.05) is 6.54 Å². The average Bonchev–Trinajstić information content (AvgIpc) is 2.40. The van der Waals surface area contributed by atoms with Crippen LogP contribution >= 0.6 is 0 Å². The molecule has 0 bridgehead atoms. The van der Waals surface area contributed by atoms with Crippen molar-refractivity contribution in [3.8, 4) is 0 Å². The third-order valence-corrected chi connectivity index (χ3v) is 10.7. The van der Waals surface area contributed by atoms with Crippen molar-refractivity contribution < 1.29 is 0 Å². The highest BCUT2D eigenvalue weighted by molar-refractivity contribution is 6.77. The van der Waals surface area contributed by atoms with Gasteiger partial charge in [-0.3, -0.25) is 0 Å². The van der Waals surface area contributed by atoms with Crippen LogP contribution < -0.4 is 0 Å². The predicted octanol–water partition coefficient (Wildman–Crippen LogP) is 5.20. The van der Waals surface area contributed by atoms with Gasteiger partial charge in [0.15, 0.2) is 0 Å². The zero-order valence-electron chi connectivity index (χ0n) is 13.1. The number of nitrogens with zero attached hydrogens (tertiary/aromatic N) is 1. The minimum absolute atomic E-state index is 0.863. The fourth-order valence-electron chi connectivity index (χ4n) is 3.73. The van der Waals surface area contributed by atoms with E-state index in [0.29, 0.717) is 0 Å². The zero-order valence-corrected chi connectivity index (χ0v) is 14.1. The summed E-state index contributed by atoms with van der Waals surface area (Å²) >= 11 is 0. The largest absolute Gasteiger partial charge is 0.317 e. The number of hydrogen-bond acceptors (Lipinski definition) is 1. The molecule has 0 atom stereocenters. The third-order valence-electron chi connectivity index (χ3n) is 5.04. The van der Waals surface area contributed by atoms with Crippen molar-refractivity contribution in [2.24, 2.45) is 0 Å². The van der Waals surface area contributed by atoms with E-state index in [2.05, 4.69) is 38.8 Å². The van der Waals surface area contributed by atoms with Gasteiger partial charge in [0, 0.05) is 12.6 Å². The van der Waals surface area contributed by atoms with Gasteiger partial charge in [-0.15, -0.1) is 0 Å². The Labute approximate surface area is 116 Å². The van der Waals surface area contributed by atoms with E-state index < -0.39 is 8.24 Å². The van der Waals surface area contributed by atoms with Crippen molar-refractivity contribution in [3.63, 3.8) is 0 Å². The molecule has 0 N–H and O–H groups in total. The Balaban J connectivity index is 2.90. The number of rotatable bonds is 7. The van der Waals surface area contributed by atoms with E-state index in [1.165, 1.54) is 55.8 Å². The third kappa shape index (κ3) is 3.71. The lowest BCUT2D eigenvalue weighted by molar-refractivity contribution is 0.255. The first kappa shape index (κ1) is 16.0. The Morgan fingerprint density at radius 2 is 1.56 bits per heavy atom. The number of hydrogen-bond donors (Lipinski definition) is 0. The lowest BCUT2D eigenvalue weighted by Gasteiger charge is -2.47.